The standard InChI is InChI=1S/C19H25NO2/c1-3-10-20-11-9-19(13-17(21)8-7-16(19)14-20)15-5-4-6-18(12-15)22-2/h3-6,12,16H,1,7-11,13-14H2,2H3/t16-,19-/m1/s1. The SMILES string of the molecule is C=CCN1CC[C@]2(c3cccc(OC)c3)CC(=O)CC[C@@H]2C1. The van der Waals surface area contributed by atoms with E-state index in [9.17, 15) is 4.79 Å². The monoisotopic (exact) mass is 299 g/mol. The molecule has 0 unspecified atom stereocenters. The molecule has 1 aromatic rings. The van der Waals surface area contributed by atoms with Crippen LogP contribution < -0.4 is 4.74 Å². The average molecular weight is 299 g/mol. The van der Waals surface area contributed by atoms with Crippen LogP contribution in [0.2, 0.25) is 0 Å². The van der Waals surface area contributed by atoms with Crippen molar-refractivity contribution in [1.29, 1.82) is 0 Å². The fourth-order valence-corrected chi connectivity index (χ4v) is 4.28. The second-order valence-corrected chi connectivity index (χ2v) is 6.64. The van der Waals surface area contributed by atoms with Gasteiger partial charge in [0.05, 0.1) is 7.11 Å². The Morgan fingerprint density at radius 2 is 2.36 bits per heavy atom. The molecule has 0 radical (unpaired) electrons. The van der Waals surface area contributed by atoms with Crippen LogP contribution in [0.3, 0.4) is 0 Å². The van der Waals surface area contributed by atoms with Gasteiger partial charge in [0.25, 0.3) is 0 Å². The number of methoxy groups -OCH3 is 1. The summed E-state index contributed by atoms with van der Waals surface area (Å²) in [5, 5.41) is 0. The molecule has 118 valence electrons. The van der Waals surface area contributed by atoms with Gasteiger partial charge in [-0.3, -0.25) is 9.69 Å². The third kappa shape index (κ3) is 2.70. The molecule has 3 nitrogen and oxygen atoms in total. The van der Waals surface area contributed by atoms with E-state index in [4.69, 9.17) is 4.74 Å². The Morgan fingerprint density at radius 3 is 3.14 bits per heavy atom. The lowest BCUT2D eigenvalue weighted by Gasteiger charge is -2.50. The summed E-state index contributed by atoms with van der Waals surface area (Å²) in [6, 6.07) is 8.34. The van der Waals surface area contributed by atoms with Gasteiger partial charge in [0, 0.05) is 31.3 Å². The molecule has 3 rings (SSSR count). The number of hydrogen-bond donors (Lipinski definition) is 0. The molecule has 0 aromatic heterocycles. The summed E-state index contributed by atoms with van der Waals surface area (Å²) in [5.41, 5.74) is 1.28. The van der Waals surface area contributed by atoms with Gasteiger partial charge in [0.1, 0.15) is 11.5 Å². The van der Waals surface area contributed by atoms with E-state index >= 15 is 0 Å². The number of fused-ring (bicyclic) bond motifs is 1. The molecule has 2 atom stereocenters. The zero-order valence-corrected chi connectivity index (χ0v) is 13.4. The minimum Gasteiger partial charge on any atom is -0.497 e. The summed E-state index contributed by atoms with van der Waals surface area (Å²) < 4.78 is 5.40. The van der Waals surface area contributed by atoms with Gasteiger partial charge in [0.2, 0.25) is 0 Å². The Balaban J connectivity index is 1.95. The Morgan fingerprint density at radius 1 is 1.50 bits per heavy atom. The van der Waals surface area contributed by atoms with E-state index in [-0.39, 0.29) is 5.41 Å². The number of Topliss-reactive ketones (excluding diaryl/α,β-unsaturated/α-hetero) is 1. The van der Waals surface area contributed by atoms with Gasteiger partial charge in [0.15, 0.2) is 0 Å². The van der Waals surface area contributed by atoms with E-state index in [1.807, 2.05) is 12.1 Å². The summed E-state index contributed by atoms with van der Waals surface area (Å²) in [5.74, 6) is 1.85. The lowest BCUT2D eigenvalue weighted by Crippen LogP contribution is -2.53. The predicted molar refractivity (Wildman–Crippen MR) is 88.3 cm³/mol. The maximum absolute atomic E-state index is 12.2. The van der Waals surface area contributed by atoms with Crippen LogP contribution in [0.15, 0.2) is 36.9 Å². The molecule has 2 aliphatic rings. The number of nitrogens with zero attached hydrogens (tertiary/aromatic N) is 1. The second kappa shape index (κ2) is 6.25. The minimum absolute atomic E-state index is 0.00153. The molecule has 1 aromatic carbocycles. The van der Waals surface area contributed by atoms with Crippen molar-refractivity contribution in [3.05, 3.63) is 42.5 Å². The first-order chi connectivity index (χ1) is 10.7. The lowest BCUT2D eigenvalue weighted by molar-refractivity contribution is -0.125. The number of carbonyl (C=O) groups is 1. The number of benzene rings is 1. The van der Waals surface area contributed by atoms with E-state index in [1.165, 1.54) is 5.56 Å². The molecular weight excluding hydrogens is 274 g/mol. The van der Waals surface area contributed by atoms with Crippen LogP contribution >= 0.6 is 0 Å². The highest BCUT2D eigenvalue weighted by atomic mass is 16.5. The number of hydrogen-bond acceptors (Lipinski definition) is 3. The summed E-state index contributed by atoms with van der Waals surface area (Å²) in [6.07, 6.45) is 5.45. The molecule has 0 bridgehead atoms. The average Bonchev–Trinajstić information content (AvgIpc) is 2.55. The van der Waals surface area contributed by atoms with E-state index in [0.717, 1.165) is 44.6 Å². The minimum atomic E-state index is 0.00153. The van der Waals surface area contributed by atoms with Crippen molar-refractivity contribution in [1.82, 2.24) is 4.90 Å². The van der Waals surface area contributed by atoms with Crippen molar-refractivity contribution >= 4 is 5.78 Å². The van der Waals surface area contributed by atoms with Crippen LogP contribution in [-0.4, -0.2) is 37.4 Å². The molecule has 2 fully saturated rings. The van der Waals surface area contributed by atoms with E-state index < -0.39 is 0 Å². The lowest BCUT2D eigenvalue weighted by atomic mass is 9.59. The van der Waals surface area contributed by atoms with Crippen molar-refractivity contribution in [3.63, 3.8) is 0 Å². The quantitative estimate of drug-likeness (QED) is 0.800. The molecule has 0 N–H and O–H groups in total. The van der Waals surface area contributed by atoms with Crippen LogP contribution in [0, 0.1) is 5.92 Å². The van der Waals surface area contributed by atoms with Gasteiger partial charge in [-0.05, 0) is 43.0 Å². The number of ketones is 1. The third-order valence-corrected chi connectivity index (χ3v) is 5.45. The van der Waals surface area contributed by atoms with Gasteiger partial charge in [-0.2, -0.15) is 0 Å². The van der Waals surface area contributed by atoms with E-state index in [2.05, 4.69) is 29.7 Å². The smallest absolute Gasteiger partial charge is 0.133 e. The van der Waals surface area contributed by atoms with Crippen LogP contribution in [0.1, 0.15) is 31.2 Å². The highest BCUT2D eigenvalue weighted by Crippen LogP contribution is 2.48. The zero-order valence-electron chi connectivity index (χ0n) is 13.4. The number of carbonyl (C=O) groups excluding carboxylic acids is 1. The molecule has 1 aliphatic heterocycles. The van der Waals surface area contributed by atoms with Crippen molar-refractivity contribution in [3.8, 4) is 5.75 Å². The van der Waals surface area contributed by atoms with Crippen LogP contribution in [0.25, 0.3) is 0 Å². The Hall–Kier alpha value is -1.61. The highest BCUT2D eigenvalue weighted by Gasteiger charge is 2.47. The van der Waals surface area contributed by atoms with Crippen molar-refractivity contribution in [2.75, 3.05) is 26.7 Å². The largest absolute Gasteiger partial charge is 0.497 e. The van der Waals surface area contributed by atoms with Gasteiger partial charge in [-0.25, -0.2) is 0 Å². The Bertz CT molecular complexity index is 568. The van der Waals surface area contributed by atoms with Crippen LogP contribution in [-0.2, 0) is 10.2 Å². The summed E-state index contributed by atoms with van der Waals surface area (Å²) in [7, 11) is 1.70. The first-order valence-corrected chi connectivity index (χ1v) is 8.17. The van der Waals surface area contributed by atoms with Gasteiger partial charge in [-0.1, -0.05) is 18.2 Å². The van der Waals surface area contributed by atoms with Crippen molar-refractivity contribution in [2.45, 2.75) is 31.1 Å². The number of likely N-dealkylation sites (tertiary alicyclic amines) is 1. The van der Waals surface area contributed by atoms with Gasteiger partial charge >= 0.3 is 0 Å². The number of ether oxygens (including phenoxy) is 1. The normalized spacial score (nSPS) is 29.0. The third-order valence-electron chi connectivity index (χ3n) is 5.45. The van der Waals surface area contributed by atoms with Crippen LogP contribution in [0.4, 0.5) is 0 Å². The predicted octanol–water partition coefficient (Wildman–Crippen LogP) is 3.19. The molecule has 22 heavy (non-hydrogen) atoms. The molecule has 1 saturated carbocycles. The molecule has 3 heteroatoms. The maximum Gasteiger partial charge on any atom is 0.133 e. The number of piperidine rings is 1. The molecular formula is C19H25NO2. The van der Waals surface area contributed by atoms with Gasteiger partial charge < -0.3 is 4.74 Å². The number of rotatable bonds is 4. The Kier molecular flexibility index (Phi) is 4.34. The van der Waals surface area contributed by atoms with Crippen LogP contribution in [0.5, 0.6) is 5.75 Å². The fourth-order valence-electron chi connectivity index (χ4n) is 4.28. The molecule has 1 saturated heterocycles. The molecule has 0 spiro atoms. The topological polar surface area (TPSA) is 29.5 Å². The summed E-state index contributed by atoms with van der Waals surface area (Å²) in [6.45, 7) is 6.90. The zero-order chi connectivity index (χ0) is 15.6. The summed E-state index contributed by atoms with van der Waals surface area (Å²) >= 11 is 0. The Labute approximate surface area is 133 Å². The highest BCUT2D eigenvalue weighted by molar-refractivity contribution is 5.81. The maximum atomic E-state index is 12.2. The molecule has 0 amide bonds. The van der Waals surface area contributed by atoms with E-state index in [1.54, 1.807) is 7.11 Å². The second-order valence-electron chi connectivity index (χ2n) is 6.64. The molecule has 1 heterocycles. The molecule has 1 aliphatic carbocycles. The summed E-state index contributed by atoms with van der Waals surface area (Å²) in [4.78, 5) is 14.7. The first-order valence-electron chi connectivity index (χ1n) is 8.17. The first kappa shape index (κ1) is 15.3. The van der Waals surface area contributed by atoms with E-state index in [0.29, 0.717) is 18.1 Å². The van der Waals surface area contributed by atoms with Gasteiger partial charge in [-0.15, -0.1) is 6.58 Å². The van der Waals surface area contributed by atoms with Crippen molar-refractivity contribution < 1.29 is 9.53 Å². The van der Waals surface area contributed by atoms with Crippen molar-refractivity contribution in [2.24, 2.45) is 5.92 Å². The fraction of sp³-hybridized carbons (Fsp3) is 0.526.